The first kappa shape index (κ1) is 15.3. The Hall–Kier alpha value is -0.650. The molecular weight excluding hydrogens is 208 g/mol. The molecule has 16 heavy (non-hydrogen) atoms. The van der Waals surface area contributed by atoms with Crippen molar-refractivity contribution >= 4 is 5.91 Å². The van der Waals surface area contributed by atoms with E-state index in [2.05, 4.69) is 17.6 Å². The number of rotatable bonds is 8. The van der Waals surface area contributed by atoms with Gasteiger partial charge < -0.3 is 15.5 Å². The lowest BCUT2D eigenvalue weighted by atomic mass is 10.0. The third kappa shape index (κ3) is 5.44. The molecule has 1 amide bonds. The standard InChI is InChI=1S/C11H24N2O3/c1-4-5-6-12-10(16)9(2)13-11(3,7-14)8-15/h9,13-15H,4-8H2,1-3H3,(H,12,16). The molecule has 5 nitrogen and oxygen atoms in total. The molecule has 0 aromatic heterocycles. The summed E-state index contributed by atoms with van der Waals surface area (Å²) < 4.78 is 0. The van der Waals surface area contributed by atoms with Crippen molar-refractivity contribution in [2.75, 3.05) is 19.8 Å². The van der Waals surface area contributed by atoms with E-state index >= 15 is 0 Å². The maximum atomic E-state index is 11.6. The summed E-state index contributed by atoms with van der Waals surface area (Å²) in [5.41, 5.74) is -0.818. The lowest BCUT2D eigenvalue weighted by Crippen LogP contribution is -2.56. The third-order valence-electron chi connectivity index (χ3n) is 2.49. The topological polar surface area (TPSA) is 81.6 Å². The number of carbonyl (C=O) groups excluding carboxylic acids is 1. The van der Waals surface area contributed by atoms with E-state index in [9.17, 15) is 4.79 Å². The van der Waals surface area contributed by atoms with Crippen LogP contribution in [-0.4, -0.2) is 47.5 Å². The Morgan fingerprint density at radius 2 is 1.94 bits per heavy atom. The number of nitrogens with one attached hydrogen (secondary N) is 2. The first-order valence-electron chi connectivity index (χ1n) is 5.76. The Bertz CT molecular complexity index is 205. The largest absolute Gasteiger partial charge is 0.394 e. The predicted octanol–water partition coefficient (Wildman–Crippen LogP) is -0.376. The van der Waals surface area contributed by atoms with Gasteiger partial charge in [0.25, 0.3) is 0 Å². The van der Waals surface area contributed by atoms with E-state index in [4.69, 9.17) is 10.2 Å². The molecule has 0 spiro atoms. The van der Waals surface area contributed by atoms with Crippen LogP contribution in [-0.2, 0) is 4.79 Å². The molecule has 0 saturated heterocycles. The zero-order valence-corrected chi connectivity index (χ0v) is 10.4. The van der Waals surface area contributed by atoms with Gasteiger partial charge in [-0.2, -0.15) is 0 Å². The number of hydrogen-bond acceptors (Lipinski definition) is 4. The van der Waals surface area contributed by atoms with Crippen LogP contribution in [0.25, 0.3) is 0 Å². The summed E-state index contributed by atoms with van der Waals surface area (Å²) in [6.07, 6.45) is 1.99. The van der Waals surface area contributed by atoms with Crippen LogP contribution in [0.5, 0.6) is 0 Å². The van der Waals surface area contributed by atoms with Crippen LogP contribution in [0.15, 0.2) is 0 Å². The second-order valence-electron chi connectivity index (χ2n) is 4.39. The molecule has 0 rings (SSSR count). The smallest absolute Gasteiger partial charge is 0.236 e. The van der Waals surface area contributed by atoms with Crippen LogP contribution in [0.4, 0.5) is 0 Å². The molecule has 0 bridgehead atoms. The fourth-order valence-electron chi connectivity index (χ4n) is 1.27. The maximum absolute atomic E-state index is 11.6. The molecule has 5 heteroatoms. The average molecular weight is 232 g/mol. The van der Waals surface area contributed by atoms with Gasteiger partial charge in [-0.25, -0.2) is 0 Å². The van der Waals surface area contributed by atoms with E-state index < -0.39 is 11.6 Å². The van der Waals surface area contributed by atoms with Gasteiger partial charge in [0, 0.05) is 6.54 Å². The Balaban J connectivity index is 4.03. The first-order valence-corrected chi connectivity index (χ1v) is 5.76. The van der Waals surface area contributed by atoms with Crippen LogP contribution in [0.3, 0.4) is 0 Å². The fourth-order valence-corrected chi connectivity index (χ4v) is 1.27. The van der Waals surface area contributed by atoms with E-state index in [1.54, 1.807) is 13.8 Å². The lowest BCUT2D eigenvalue weighted by molar-refractivity contribution is -0.123. The van der Waals surface area contributed by atoms with E-state index in [0.29, 0.717) is 6.54 Å². The van der Waals surface area contributed by atoms with Gasteiger partial charge in [0.1, 0.15) is 0 Å². The number of unbranched alkanes of at least 4 members (excludes halogenated alkanes) is 1. The molecule has 0 aliphatic carbocycles. The zero-order valence-electron chi connectivity index (χ0n) is 10.4. The van der Waals surface area contributed by atoms with Crippen LogP contribution < -0.4 is 10.6 Å². The molecule has 0 fully saturated rings. The second-order valence-corrected chi connectivity index (χ2v) is 4.39. The van der Waals surface area contributed by atoms with Gasteiger partial charge in [0.2, 0.25) is 5.91 Å². The lowest BCUT2D eigenvalue weighted by Gasteiger charge is -2.29. The predicted molar refractivity (Wildman–Crippen MR) is 63.1 cm³/mol. The molecule has 0 saturated carbocycles. The van der Waals surface area contributed by atoms with Gasteiger partial charge in [0.15, 0.2) is 0 Å². The summed E-state index contributed by atoms with van der Waals surface area (Å²) in [6.45, 7) is 5.68. The Morgan fingerprint density at radius 3 is 2.38 bits per heavy atom. The molecule has 0 aromatic carbocycles. The highest BCUT2D eigenvalue weighted by molar-refractivity contribution is 5.81. The fraction of sp³-hybridized carbons (Fsp3) is 0.909. The molecule has 0 heterocycles. The highest BCUT2D eigenvalue weighted by Gasteiger charge is 2.26. The number of aliphatic hydroxyl groups is 2. The summed E-state index contributed by atoms with van der Waals surface area (Å²) in [7, 11) is 0. The highest BCUT2D eigenvalue weighted by atomic mass is 16.3. The van der Waals surface area contributed by atoms with Crippen molar-refractivity contribution in [1.29, 1.82) is 0 Å². The molecular formula is C11H24N2O3. The minimum Gasteiger partial charge on any atom is -0.394 e. The van der Waals surface area contributed by atoms with Crippen molar-refractivity contribution in [2.24, 2.45) is 0 Å². The molecule has 0 aliphatic heterocycles. The van der Waals surface area contributed by atoms with Crippen LogP contribution in [0, 0.1) is 0 Å². The van der Waals surface area contributed by atoms with Gasteiger partial charge >= 0.3 is 0 Å². The number of amides is 1. The number of aliphatic hydroxyl groups excluding tert-OH is 2. The Labute approximate surface area is 97.2 Å². The molecule has 0 radical (unpaired) electrons. The molecule has 1 atom stereocenters. The van der Waals surface area contributed by atoms with Gasteiger partial charge in [-0.15, -0.1) is 0 Å². The monoisotopic (exact) mass is 232 g/mol. The third-order valence-corrected chi connectivity index (χ3v) is 2.49. The minimum atomic E-state index is -0.818. The SMILES string of the molecule is CCCCNC(=O)C(C)NC(C)(CO)CO. The summed E-state index contributed by atoms with van der Waals surface area (Å²) in [5, 5.41) is 23.8. The zero-order chi connectivity index (χ0) is 12.6. The van der Waals surface area contributed by atoms with E-state index in [1.165, 1.54) is 0 Å². The van der Waals surface area contributed by atoms with Crippen molar-refractivity contribution in [1.82, 2.24) is 10.6 Å². The number of hydrogen-bond donors (Lipinski definition) is 4. The normalized spacial score (nSPS) is 13.6. The van der Waals surface area contributed by atoms with Gasteiger partial charge in [-0.1, -0.05) is 13.3 Å². The first-order chi connectivity index (χ1) is 7.49. The van der Waals surface area contributed by atoms with Crippen LogP contribution in [0.2, 0.25) is 0 Å². The van der Waals surface area contributed by atoms with Crippen LogP contribution in [0.1, 0.15) is 33.6 Å². The molecule has 4 N–H and O–H groups in total. The highest BCUT2D eigenvalue weighted by Crippen LogP contribution is 2.02. The molecule has 96 valence electrons. The van der Waals surface area contributed by atoms with Crippen molar-refractivity contribution in [3.63, 3.8) is 0 Å². The van der Waals surface area contributed by atoms with Gasteiger partial charge in [-0.05, 0) is 20.3 Å². The maximum Gasteiger partial charge on any atom is 0.236 e. The van der Waals surface area contributed by atoms with E-state index in [1.807, 2.05) is 0 Å². The quantitative estimate of drug-likeness (QED) is 0.430. The van der Waals surface area contributed by atoms with Crippen molar-refractivity contribution in [2.45, 2.75) is 45.2 Å². The number of carbonyl (C=O) groups is 1. The minimum absolute atomic E-state index is 0.110. The van der Waals surface area contributed by atoms with Gasteiger partial charge in [0.05, 0.1) is 24.8 Å². The van der Waals surface area contributed by atoms with Crippen molar-refractivity contribution in [3.05, 3.63) is 0 Å². The molecule has 1 unspecified atom stereocenters. The Kier molecular flexibility index (Phi) is 7.29. The summed E-state index contributed by atoms with van der Waals surface area (Å²) in [4.78, 5) is 11.6. The second kappa shape index (κ2) is 7.60. The Morgan fingerprint density at radius 1 is 1.38 bits per heavy atom. The van der Waals surface area contributed by atoms with Gasteiger partial charge in [-0.3, -0.25) is 10.1 Å². The van der Waals surface area contributed by atoms with Crippen molar-refractivity contribution < 1.29 is 15.0 Å². The summed E-state index contributed by atoms with van der Waals surface area (Å²) in [5.74, 6) is -0.110. The summed E-state index contributed by atoms with van der Waals surface area (Å²) in [6, 6.07) is -0.429. The molecule has 0 aliphatic rings. The van der Waals surface area contributed by atoms with E-state index in [0.717, 1.165) is 12.8 Å². The molecule has 0 aromatic rings. The van der Waals surface area contributed by atoms with E-state index in [-0.39, 0.29) is 19.1 Å². The average Bonchev–Trinajstić information content (AvgIpc) is 2.29. The van der Waals surface area contributed by atoms with Crippen LogP contribution >= 0.6 is 0 Å². The summed E-state index contributed by atoms with van der Waals surface area (Å²) >= 11 is 0. The van der Waals surface area contributed by atoms with Crippen molar-refractivity contribution in [3.8, 4) is 0 Å².